The number of methoxy groups -OCH3 is 1. The maximum Gasteiger partial charge on any atom is 0.408 e. The Hall–Kier alpha value is -3.33. The summed E-state index contributed by atoms with van der Waals surface area (Å²) >= 11 is 6.20. The molecule has 2 heterocycles. The van der Waals surface area contributed by atoms with Gasteiger partial charge in [-0.2, -0.15) is 18.3 Å². The second-order valence-corrected chi connectivity index (χ2v) is 7.23. The molecule has 0 saturated carbocycles. The van der Waals surface area contributed by atoms with Crippen molar-refractivity contribution in [1.82, 2.24) is 24.3 Å². The number of aromatic nitrogens is 5. The first kappa shape index (κ1) is 20.9. The van der Waals surface area contributed by atoms with E-state index in [0.717, 1.165) is 16.1 Å². The summed E-state index contributed by atoms with van der Waals surface area (Å²) in [6.45, 7) is 0.578. The SMILES string of the molecule is COc1cc(-c2nc(-c3ccccc3Cl)n(CC(F)(F)F)n2)ccc1-n1cnc(C)c1. The predicted molar refractivity (Wildman–Crippen MR) is 110 cm³/mol. The molecule has 0 spiro atoms. The van der Waals surface area contributed by atoms with Crippen LogP contribution >= 0.6 is 11.6 Å². The minimum atomic E-state index is -4.47. The zero-order chi connectivity index (χ0) is 22.2. The van der Waals surface area contributed by atoms with Crippen LogP contribution in [-0.4, -0.2) is 37.6 Å². The third kappa shape index (κ3) is 4.41. The molecule has 2 aromatic heterocycles. The van der Waals surface area contributed by atoms with Gasteiger partial charge in [-0.05, 0) is 37.3 Å². The van der Waals surface area contributed by atoms with Crippen molar-refractivity contribution in [3.8, 4) is 34.2 Å². The first-order chi connectivity index (χ1) is 14.7. The van der Waals surface area contributed by atoms with E-state index >= 15 is 0 Å². The van der Waals surface area contributed by atoms with Crippen molar-refractivity contribution >= 4 is 11.6 Å². The molecule has 4 aromatic rings. The number of aryl methyl sites for hydroxylation is 1. The minimum absolute atomic E-state index is 0.0335. The summed E-state index contributed by atoms with van der Waals surface area (Å²) in [5, 5.41) is 4.40. The standard InChI is InChI=1S/C21H17ClF3N5O/c1-13-10-29(12-26-13)17-8-7-14(9-18(17)31-2)19-27-20(15-5-3-4-6-16(15)22)30(28-19)11-21(23,24)25/h3-10,12H,11H2,1-2H3. The van der Waals surface area contributed by atoms with Crippen LogP contribution in [0.5, 0.6) is 5.75 Å². The van der Waals surface area contributed by atoms with Crippen LogP contribution in [0.2, 0.25) is 5.02 Å². The Bertz CT molecular complexity index is 1230. The molecule has 10 heteroatoms. The second-order valence-electron chi connectivity index (χ2n) is 6.82. The summed E-state index contributed by atoms with van der Waals surface area (Å²) in [6, 6.07) is 11.7. The molecular formula is C21H17ClF3N5O. The molecule has 0 aliphatic rings. The van der Waals surface area contributed by atoms with Crippen LogP contribution in [0.3, 0.4) is 0 Å². The Labute approximate surface area is 180 Å². The molecule has 0 aliphatic carbocycles. The third-order valence-corrected chi connectivity index (χ3v) is 4.87. The summed E-state index contributed by atoms with van der Waals surface area (Å²) in [5.74, 6) is 0.665. The molecule has 6 nitrogen and oxygen atoms in total. The van der Waals surface area contributed by atoms with E-state index < -0.39 is 12.7 Å². The van der Waals surface area contributed by atoms with Gasteiger partial charge in [-0.3, -0.25) is 0 Å². The lowest BCUT2D eigenvalue weighted by Gasteiger charge is -2.10. The fraction of sp³-hybridized carbons (Fsp3) is 0.190. The van der Waals surface area contributed by atoms with E-state index in [4.69, 9.17) is 16.3 Å². The van der Waals surface area contributed by atoms with Gasteiger partial charge in [0.15, 0.2) is 11.6 Å². The Kier molecular flexibility index (Phi) is 5.45. The van der Waals surface area contributed by atoms with Crippen molar-refractivity contribution in [2.45, 2.75) is 19.6 Å². The summed E-state index contributed by atoms with van der Waals surface area (Å²) < 4.78 is 47.6. The average molecular weight is 448 g/mol. The summed E-state index contributed by atoms with van der Waals surface area (Å²) in [7, 11) is 1.51. The van der Waals surface area contributed by atoms with Gasteiger partial charge in [0.1, 0.15) is 12.3 Å². The number of benzene rings is 2. The second kappa shape index (κ2) is 8.07. The average Bonchev–Trinajstić information content (AvgIpc) is 3.33. The summed E-state index contributed by atoms with van der Waals surface area (Å²) in [4.78, 5) is 8.57. The Morgan fingerprint density at radius 1 is 1.13 bits per heavy atom. The molecule has 4 rings (SSSR count). The quantitative estimate of drug-likeness (QED) is 0.415. The summed E-state index contributed by atoms with van der Waals surface area (Å²) in [6.07, 6.45) is -0.982. The van der Waals surface area contributed by atoms with Crippen molar-refractivity contribution in [1.29, 1.82) is 0 Å². The van der Waals surface area contributed by atoms with Crippen LogP contribution in [0.4, 0.5) is 13.2 Å². The smallest absolute Gasteiger partial charge is 0.408 e. The van der Waals surface area contributed by atoms with Crippen LogP contribution in [0.25, 0.3) is 28.5 Å². The first-order valence-corrected chi connectivity index (χ1v) is 9.59. The van der Waals surface area contributed by atoms with Gasteiger partial charge < -0.3 is 9.30 Å². The topological polar surface area (TPSA) is 57.8 Å². The zero-order valence-electron chi connectivity index (χ0n) is 16.6. The van der Waals surface area contributed by atoms with E-state index in [-0.39, 0.29) is 16.7 Å². The molecule has 2 aromatic carbocycles. The van der Waals surface area contributed by atoms with Crippen LogP contribution < -0.4 is 4.74 Å². The number of alkyl halides is 3. The van der Waals surface area contributed by atoms with Gasteiger partial charge in [0.2, 0.25) is 0 Å². The van der Waals surface area contributed by atoms with Crippen molar-refractivity contribution in [3.05, 3.63) is 65.7 Å². The van der Waals surface area contributed by atoms with E-state index in [2.05, 4.69) is 15.1 Å². The molecule has 0 N–H and O–H groups in total. The van der Waals surface area contributed by atoms with Crippen LogP contribution in [-0.2, 0) is 6.54 Å². The zero-order valence-corrected chi connectivity index (χ0v) is 17.3. The maximum atomic E-state index is 13.2. The normalized spacial score (nSPS) is 11.7. The monoisotopic (exact) mass is 447 g/mol. The molecule has 0 radical (unpaired) electrons. The number of imidazole rings is 1. The fourth-order valence-corrected chi connectivity index (χ4v) is 3.39. The number of nitrogens with zero attached hydrogens (tertiary/aromatic N) is 5. The molecule has 0 amide bonds. The highest BCUT2D eigenvalue weighted by atomic mass is 35.5. The Balaban J connectivity index is 1.81. The van der Waals surface area contributed by atoms with Gasteiger partial charge in [0, 0.05) is 17.3 Å². The van der Waals surface area contributed by atoms with Gasteiger partial charge in [-0.1, -0.05) is 23.7 Å². The first-order valence-electron chi connectivity index (χ1n) is 9.21. The number of ether oxygens (including phenoxy) is 1. The number of rotatable bonds is 5. The van der Waals surface area contributed by atoms with Gasteiger partial charge >= 0.3 is 6.18 Å². The fourth-order valence-electron chi connectivity index (χ4n) is 3.17. The number of halogens is 4. The van der Waals surface area contributed by atoms with E-state index in [9.17, 15) is 13.2 Å². The van der Waals surface area contributed by atoms with Crippen LogP contribution in [0.1, 0.15) is 5.69 Å². The van der Waals surface area contributed by atoms with Crippen molar-refractivity contribution in [2.75, 3.05) is 7.11 Å². The molecule has 0 fully saturated rings. The minimum Gasteiger partial charge on any atom is -0.495 e. The lowest BCUT2D eigenvalue weighted by Crippen LogP contribution is -2.19. The van der Waals surface area contributed by atoms with Gasteiger partial charge in [-0.15, -0.1) is 0 Å². The highest BCUT2D eigenvalue weighted by Crippen LogP contribution is 2.33. The van der Waals surface area contributed by atoms with Crippen molar-refractivity contribution in [3.63, 3.8) is 0 Å². The number of hydrogen-bond acceptors (Lipinski definition) is 4. The van der Waals surface area contributed by atoms with E-state index in [1.807, 2.05) is 13.1 Å². The van der Waals surface area contributed by atoms with Crippen molar-refractivity contribution in [2.24, 2.45) is 0 Å². The Morgan fingerprint density at radius 2 is 1.90 bits per heavy atom. The number of hydrogen-bond donors (Lipinski definition) is 0. The van der Waals surface area contributed by atoms with Crippen molar-refractivity contribution < 1.29 is 17.9 Å². The molecule has 0 saturated heterocycles. The molecule has 31 heavy (non-hydrogen) atoms. The maximum absolute atomic E-state index is 13.2. The largest absolute Gasteiger partial charge is 0.495 e. The molecular weight excluding hydrogens is 431 g/mol. The van der Waals surface area contributed by atoms with E-state index in [1.165, 1.54) is 7.11 Å². The predicted octanol–water partition coefficient (Wildman–Crippen LogP) is 5.33. The lowest BCUT2D eigenvalue weighted by atomic mass is 10.1. The van der Waals surface area contributed by atoms with Gasteiger partial charge in [0.05, 0.1) is 29.8 Å². The molecule has 0 aliphatic heterocycles. The molecule has 0 unspecified atom stereocenters. The van der Waals surface area contributed by atoms with Gasteiger partial charge in [-0.25, -0.2) is 14.6 Å². The van der Waals surface area contributed by atoms with Crippen LogP contribution in [0.15, 0.2) is 55.0 Å². The highest BCUT2D eigenvalue weighted by Gasteiger charge is 2.31. The summed E-state index contributed by atoms with van der Waals surface area (Å²) in [5.41, 5.74) is 2.44. The third-order valence-electron chi connectivity index (χ3n) is 4.54. The van der Waals surface area contributed by atoms with Gasteiger partial charge in [0.25, 0.3) is 0 Å². The van der Waals surface area contributed by atoms with E-state index in [1.54, 1.807) is 53.4 Å². The molecule has 0 atom stereocenters. The Morgan fingerprint density at radius 3 is 2.55 bits per heavy atom. The molecule has 160 valence electrons. The van der Waals surface area contributed by atoms with Crippen LogP contribution in [0, 0.1) is 6.92 Å². The van der Waals surface area contributed by atoms with E-state index in [0.29, 0.717) is 16.9 Å². The molecule has 0 bridgehead atoms. The lowest BCUT2D eigenvalue weighted by molar-refractivity contribution is -0.142. The highest BCUT2D eigenvalue weighted by molar-refractivity contribution is 6.33.